The summed E-state index contributed by atoms with van der Waals surface area (Å²) in [4.78, 5) is 18.2. The molecule has 7 heteroatoms. The number of aromatic nitrogens is 1. The quantitative estimate of drug-likeness (QED) is 0.558. The van der Waals surface area contributed by atoms with Crippen molar-refractivity contribution in [3.8, 4) is 5.75 Å². The lowest BCUT2D eigenvalue weighted by molar-refractivity contribution is 0.0932. The largest absolute Gasteiger partial charge is 0.507 e. The monoisotopic (exact) mass is 467 g/mol. The number of hydrogen-bond acceptors (Lipinski definition) is 5. The van der Waals surface area contributed by atoms with Crippen molar-refractivity contribution < 1.29 is 10.2 Å². The minimum absolute atomic E-state index is 0.00424. The molecule has 0 amide bonds. The van der Waals surface area contributed by atoms with Crippen LogP contribution in [0.1, 0.15) is 28.4 Å². The minimum Gasteiger partial charge on any atom is -0.507 e. The summed E-state index contributed by atoms with van der Waals surface area (Å²) in [6, 6.07) is 18.6. The number of nitrogens with zero attached hydrogens (tertiary/aromatic N) is 3. The summed E-state index contributed by atoms with van der Waals surface area (Å²) in [6.07, 6.45) is 0. The standard InChI is InChI=1S/C26H30ClN3O3/c1-19-16-23(32)24(26(33)30(19)18-20-6-3-2-4-7-20)25(21-8-5-9-22(27)17-21)29-12-10-28(11-13-29)14-15-31/h2-9,16-17,25,31-32H,10-15,18H2,1H3/t25-/m0/s1. The molecule has 1 aromatic heterocycles. The third-order valence-electron chi connectivity index (χ3n) is 6.33. The van der Waals surface area contributed by atoms with E-state index in [9.17, 15) is 15.0 Å². The first-order chi connectivity index (χ1) is 16.0. The van der Waals surface area contributed by atoms with Gasteiger partial charge in [-0.3, -0.25) is 14.6 Å². The van der Waals surface area contributed by atoms with Crippen LogP contribution in [0, 0.1) is 6.92 Å². The molecule has 0 aliphatic carbocycles. The topological polar surface area (TPSA) is 68.9 Å². The van der Waals surface area contributed by atoms with Crippen molar-refractivity contribution in [2.24, 2.45) is 0 Å². The highest BCUT2D eigenvalue weighted by Gasteiger charge is 2.31. The Morgan fingerprint density at radius 1 is 1.00 bits per heavy atom. The lowest BCUT2D eigenvalue weighted by atomic mass is 9.96. The van der Waals surface area contributed by atoms with Crippen molar-refractivity contribution in [2.75, 3.05) is 39.3 Å². The van der Waals surface area contributed by atoms with Gasteiger partial charge in [-0.2, -0.15) is 0 Å². The molecular weight excluding hydrogens is 438 g/mol. The van der Waals surface area contributed by atoms with E-state index in [2.05, 4.69) is 9.80 Å². The molecule has 0 saturated carbocycles. The van der Waals surface area contributed by atoms with E-state index < -0.39 is 6.04 Å². The maximum absolute atomic E-state index is 13.8. The Morgan fingerprint density at radius 3 is 2.39 bits per heavy atom. The van der Waals surface area contributed by atoms with E-state index in [1.54, 1.807) is 10.6 Å². The fraction of sp³-hybridized carbons (Fsp3) is 0.346. The Hall–Kier alpha value is -2.64. The van der Waals surface area contributed by atoms with Gasteiger partial charge in [-0.25, -0.2) is 0 Å². The van der Waals surface area contributed by atoms with Crippen molar-refractivity contribution >= 4 is 11.6 Å². The molecule has 0 spiro atoms. The first-order valence-electron chi connectivity index (χ1n) is 11.3. The zero-order valence-electron chi connectivity index (χ0n) is 18.8. The molecule has 4 rings (SSSR count). The Balaban J connectivity index is 1.78. The van der Waals surface area contributed by atoms with Crippen molar-refractivity contribution in [1.82, 2.24) is 14.4 Å². The van der Waals surface area contributed by atoms with Crippen molar-refractivity contribution in [1.29, 1.82) is 0 Å². The van der Waals surface area contributed by atoms with Gasteiger partial charge in [0.15, 0.2) is 0 Å². The molecule has 33 heavy (non-hydrogen) atoms. The van der Waals surface area contributed by atoms with Gasteiger partial charge in [-0.05, 0) is 36.2 Å². The molecule has 2 heterocycles. The summed E-state index contributed by atoms with van der Waals surface area (Å²) >= 11 is 6.32. The second-order valence-corrected chi connectivity index (χ2v) is 8.96. The van der Waals surface area contributed by atoms with E-state index in [1.165, 1.54) is 0 Å². The van der Waals surface area contributed by atoms with Crippen LogP contribution in [0.5, 0.6) is 5.75 Å². The predicted octanol–water partition coefficient (Wildman–Crippen LogP) is 3.26. The van der Waals surface area contributed by atoms with Gasteiger partial charge in [0, 0.05) is 43.4 Å². The van der Waals surface area contributed by atoms with Crippen LogP contribution in [-0.4, -0.2) is 63.9 Å². The van der Waals surface area contributed by atoms with Crippen molar-refractivity contribution in [2.45, 2.75) is 19.5 Å². The lowest BCUT2D eigenvalue weighted by Gasteiger charge is -2.39. The summed E-state index contributed by atoms with van der Waals surface area (Å²) < 4.78 is 1.73. The van der Waals surface area contributed by atoms with Gasteiger partial charge in [-0.15, -0.1) is 0 Å². The highest BCUT2D eigenvalue weighted by atomic mass is 35.5. The van der Waals surface area contributed by atoms with E-state index in [1.807, 2.05) is 61.5 Å². The summed E-state index contributed by atoms with van der Waals surface area (Å²) in [5.41, 5.74) is 2.79. The van der Waals surface area contributed by atoms with E-state index in [-0.39, 0.29) is 17.9 Å². The lowest BCUT2D eigenvalue weighted by Crippen LogP contribution is -2.49. The Kier molecular flexibility index (Phi) is 7.50. The van der Waals surface area contributed by atoms with E-state index >= 15 is 0 Å². The van der Waals surface area contributed by atoms with Crippen LogP contribution in [-0.2, 0) is 6.54 Å². The highest BCUT2D eigenvalue weighted by Crippen LogP contribution is 2.34. The normalized spacial score (nSPS) is 16.1. The molecule has 2 N–H and O–H groups in total. The molecule has 0 bridgehead atoms. The number of aliphatic hydroxyl groups is 1. The smallest absolute Gasteiger partial charge is 0.259 e. The molecule has 0 unspecified atom stereocenters. The number of halogens is 1. The van der Waals surface area contributed by atoms with Gasteiger partial charge < -0.3 is 14.8 Å². The van der Waals surface area contributed by atoms with Gasteiger partial charge in [0.1, 0.15) is 5.75 Å². The van der Waals surface area contributed by atoms with Crippen LogP contribution in [0.25, 0.3) is 0 Å². The summed E-state index contributed by atoms with van der Waals surface area (Å²) in [7, 11) is 0. The van der Waals surface area contributed by atoms with Gasteiger partial charge in [0.2, 0.25) is 0 Å². The second-order valence-electron chi connectivity index (χ2n) is 8.52. The maximum Gasteiger partial charge on any atom is 0.259 e. The molecule has 1 aliphatic heterocycles. The molecular formula is C26H30ClN3O3. The molecule has 1 fully saturated rings. The number of aromatic hydroxyl groups is 1. The molecule has 3 aromatic rings. The number of rotatable bonds is 7. The molecule has 2 aromatic carbocycles. The SMILES string of the molecule is Cc1cc(O)c([C@H](c2cccc(Cl)c2)N2CCN(CCO)CC2)c(=O)n1Cc1ccccc1. The van der Waals surface area contributed by atoms with Gasteiger partial charge in [-0.1, -0.05) is 54.1 Å². The molecule has 1 saturated heterocycles. The number of hydrogen-bond donors (Lipinski definition) is 2. The van der Waals surface area contributed by atoms with Crippen molar-refractivity contribution in [3.63, 3.8) is 0 Å². The number of benzene rings is 2. The number of aliphatic hydroxyl groups excluding tert-OH is 1. The first kappa shape index (κ1) is 23.5. The molecule has 1 aliphatic rings. The highest BCUT2D eigenvalue weighted by molar-refractivity contribution is 6.30. The molecule has 0 radical (unpaired) electrons. The zero-order valence-corrected chi connectivity index (χ0v) is 19.6. The van der Waals surface area contributed by atoms with Crippen molar-refractivity contribution in [3.05, 3.63) is 98.4 Å². The van der Waals surface area contributed by atoms with Crippen LogP contribution in [0.2, 0.25) is 5.02 Å². The summed E-state index contributed by atoms with van der Waals surface area (Å²) in [5.74, 6) is 0.00424. The zero-order chi connectivity index (χ0) is 23.4. The van der Waals surface area contributed by atoms with Gasteiger partial charge >= 0.3 is 0 Å². The van der Waals surface area contributed by atoms with Crippen LogP contribution >= 0.6 is 11.6 Å². The van der Waals surface area contributed by atoms with Crippen LogP contribution < -0.4 is 5.56 Å². The fourth-order valence-electron chi connectivity index (χ4n) is 4.61. The van der Waals surface area contributed by atoms with Crippen LogP contribution in [0.3, 0.4) is 0 Å². The first-order valence-corrected chi connectivity index (χ1v) is 11.7. The predicted molar refractivity (Wildman–Crippen MR) is 131 cm³/mol. The number of piperazine rings is 1. The average molecular weight is 468 g/mol. The maximum atomic E-state index is 13.8. The van der Waals surface area contributed by atoms with E-state index in [4.69, 9.17) is 11.6 Å². The minimum atomic E-state index is -0.421. The number of aryl methyl sites for hydroxylation is 1. The number of β-amino-alcohol motifs (C(OH)–C–C–N with tert-alkyl or cyclic N) is 1. The van der Waals surface area contributed by atoms with Crippen LogP contribution in [0.4, 0.5) is 0 Å². The van der Waals surface area contributed by atoms with E-state index in [0.717, 1.165) is 24.2 Å². The molecule has 174 valence electrons. The van der Waals surface area contributed by atoms with Gasteiger partial charge in [0.25, 0.3) is 5.56 Å². The summed E-state index contributed by atoms with van der Waals surface area (Å²) in [6.45, 7) is 6.02. The van der Waals surface area contributed by atoms with Gasteiger partial charge in [0.05, 0.1) is 24.8 Å². The third kappa shape index (κ3) is 5.31. The van der Waals surface area contributed by atoms with E-state index in [0.29, 0.717) is 42.5 Å². The summed E-state index contributed by atoms with van der Waals surface area (Å²) in [5, 5.41) is 20.9. The second kappa shape index (κ2) is 10.5. The Morgan fingerprint density at radius 2 is 1.73 bits per heavy atom. The molecule has 6 nitrogen and oxygen atoms in total. The Labute approximate surface area is 199 Å². The van der Waals surface area contributed by atoms with Crippen LogP contribution in [0.15, 0.2) is 65.5 Å². The average Bonchev–Trinajstić information content (AvgIpc) is 2.81. The number of pyridine rings is 1. The fourth-order valence-corrected chi connectivity index (χ4v) is 4.81. The Bertz CT molecular complexity index is 1140. The molecule has 1 atom stereocenters. The third-order valence-corrected chi connectivity index (χ3v) is 6.57.